The molecule has 0 unspecified atom stereocenters. The monoisotopic (exact) mass is 775 g/mol. The Morgan fingerprint density at radius 3 is 0.951 bits per heavy atom. The smallest absolute Gasteiger partial charge is 0.101 e. The van der Waals surface area contributed by atoms with Gasteiger partial charge in [0.1, 0.15) is 12.1 Å². The lowest BCUT2D eigenvalue weighted by Crippen LogP contribution is -2.13. The van der Waals surface area contributed by atoms with Crippen LogP contribution in [0.5, 0.6) is 0 Å². The first-order chi connectivity index (χ1) is 30.2. The highest BCUT2D eigenvalue weighted by Crippen LogP contribution is 2.46. The van der Waals surface area contributed by atoms with Crippen LogP contribution in [-0.4, -0.2) is 13.7 Å². The number of para-hydroxylation sites is 4. The van der Waals surface area contributed by atoms with Crippen molar-refractivity contribution in [2.45, 2.75) is 0 Å². The minimum absolute atomic E-state index is 0.402. The van der Waals surface area contributed by atoms with Crippen LogP contribution in [-0.2, 0) is 0 Å². The Labute approximate surface area is 351 Å². The second-order valence-electron chi connectivity index (χ2n) is 15.5. The van der Waals surface area contributed by atoms with E-state index in [-0.39, 0.29) is 0 Å². The summed E-state index contributed by atoms with van der Waals surface area (Å²) < 4.78 is 6.79. The maximum Gasteiger partial charge on any atom is 0.101 e. The molecule has 0 radical (unpaired) electrons. The van der Waals surface area contributed by atoms with Gasteiger partial charge in [-0.1, -0.05) is 146 Å². The average Bonchev–Trinajstić information content (AvgIpc) is 3.96. The fraction of sp³-hybridized carbons (Fsp3) is 0. The summed E-state index contributed by atoms with van der Waals surface area (Å²) in [4.78, 5) is 0. The van der Waals surface area contributed by atoms with E-state index >= 15 is 0 Å². The van der Waals surface area contributed by atoms with Gasteiger partial charge in [0.2, 0.25) is 0 Å². The number of rotatable bonds is 5. The molecular formula is C56H33N5. The van der Waals surface area contributed by atoms with Crippen LogP contribution in [0.25, 0.3) is 105 Å². The molecule has 0 aliphatic carbocycles. The van der Waals surface area contributed by atoms with Crippen molar-refractivity contribution < 1.29 is 0 Å². The zero-order valence-corrected chi connectivity index (χ0v) is 32.8. The zero-order valence-electron chi connectivity index (χ0n) is 32.8. The van der Waals surface area contributed by atoms with E-state index in [1.807, 2.05) is 12.1 Å². The molecule has 0 spiro atoms. The predicted molar refractivity (Wildman–Crippen MR) is 250 cm³/mol. The number of hydrogen-bond acceptors (Lipinski definition) is 2. The fourth-order valence-electron chi connectivity index (χ4n) is 9.69. The quantitative estimate of drug-likeness (QED) is 0.175. The third-order valence-corrected chi connectivity index (χ3v) is 12.3. The van der Waals surface area contributed by atoms with Gasteiger partial charge in [0.25, 0.3) is 0 Å². The lowest BCUT2D eigenvalue weighted by Gasteiger charge is -2.24. The maximum atomic E-state index is 11.3. The van der Waals surface area contributed by atoms with Gasteiger partial charge >= 0.3 is 0 Å². The second kappa shape index (κ2) is 13.5. The lowest BCUT2D eigenvalue weighted by atomic mass is 10.0. The molecule has 0 amide bonds. The van der Waals surface area contributed by atoms with Crippen molar-refractivity contribution in [1.82, 2.24) is 13.7 Å². The van der Waals surface area contributed by atoms with Crippen molar-refractivity contribution in [3.63, 3.8) is 0 Å². The van der Waals surface area contributed by atoms with E-state index in [1.165, 1.54) is 0 Å². The van der Waals surface area contributed by atoms with Crippen molar-refractivity contribution in [1.29, 1.82) is 10.5 Å². The number of aromatic nitrogens is 3. The first-order valence-corrected chi connectivity index (χ1v) is 20.4. The summed E-state index contributed by atoms with van der Waals surface area (Å²) in [7, 11) is 0. The highest BCUT2D eigenvalue weighted by atomic mass is 15.1. The van der Waals surface area contributed by atoms with E-state index in [0.717, 1.165) is 93.4 Å². The molecule has 0 N–H and O–H groups in total. The Morgan fingerprint density at radius 2 is 0.574 bits per heavy atom. The van der Waals surface area contributed by atoms with Gasteiger partial charge in [-0.2, -0.15) is 10.5 Å². The molecule has 12 rings (SSSR count). The van der Waals surface area contributed by atoms with E-state index in [4.69, 9.17) is 0 Å². The Balaban J connectivity index is 1.30. The summed E-state index contributed by atoms with van der Waals surface area (Å²) in [5, 5.41) is 29.1. The van der Waals surface area contributed by atoms with Gasteiger partial charge in [0.15, 0.2) is 0 Å². The van der Waals surface area contributed by atoms with Crippen LogP contribution in [0.2, 0.25) is 0 Å². The number of nitriles is 2. The highest BCUT2D eigenvalue weighted by Gasteiger charge is 2.29. The molecule has 3 aromatic heterocycles. The van der Waals surface area contributed by atoms with Gasteiger partial charge in [-0.15, -0.1) is 0 Å². The third-order valence-electron chi connectivity index (χ3n) is 12.3. The SMILES string of the molecule is N#Cc1cc(C#N)c(-n2c3ccccc3c3cc(-c4ccccc4)ccc32)c(-n2c3ccccc3c3ccccc32)c1-n1c2ccccc2c2cc(-c3ccccc3)ccc21. The Bertz CT molecular complexity index is 3590. The summed E-state index contributed by atoms with van der Waals surface area (Å²) >= 11 is 0. The largest absolute Gasteiger partial charge is 0.306 e. The van der Waals surface area contributed by atoms with Crippen LogP contribution in [0.1, 0.15) is 11.1 Å². The van der Waals surface area contributed by atoms with Crippen LogP contribution < -0.4 is 0 Å². The molecule has 12 aromatic rings. The van der Waals surface area contributed by atoms with E-state index < -0.39 is 0 Å². The van der Waals surface area contributed by atoms with E-state index in [2.05, 4.69) is 208 Å². The lowest BCUT2D eigenvalue weighted by molar-refractivity contribution is 1.04. The van der Waals surface area contributed by atoms with Crippen molar-refractivity contribution in [3.05, 3.63) is 211 Å². The average molecular weight is 776 g/mol. The molecule has 0 aliphatic heterocycles. The van der Waals surface area contributed by atoms with Crippen molar-refractivity contribution in [3.8, 4) is 51.5 Å². The first kappa shape index (κ1) is 34.4. The highest BCUT2D eigenvalue weighted by molar-refractivity contribution is 6.15. The molecule has 0 atom stereocenters. The summed E-state index contributed by atoms with van der Waals surface area (Å²) in [5.41, 5.74) is 13.2. The van der Waals surface area contributed by atoms with Crippen molar-refractivity contribution in [2.24, 2.45) is 0 Å². The van der Waals surface area contributed by atoms with Crippen LogP contribution in [0.4, 0.5) is 0 Å². The number of hydrogen-bond donors (Lipinski definition) is 0. The molecule has 0 saturated heterocycles. The van der Waals surface area contributed by atoms with Gasteiger partial charge in [-0.3, -0.25) is 0 Å². The molecule has 61 heavy (non-hydrogen) atoms. The standard InChI is InChI=1S/C56H33N5/c57-34-40-31-41(35-58)55(60-51-26-14-10-22-45(51)47-33-39(28-30-53(47)60)37-17-5-2-6-18-37)56(61-48-23-11-7-19-42(48)43-20-8-12-24-49(43)61)54(40)59-50-25-13-9-21-44(50)46-32-38(27-29-52(46)59)36-15-3-1-4-16-36/h1-33H. The molecular weight excluding hydrogens is 743 g/mol. The van der Waals surface area contributed by atoms with Crippen LogP contribution in [0.3, 0.4) is 0 Å². The number of nitrogens with zero attached hydrogens (tertiary/aromatic N) is 5. The Kier molecular flexibility index (Phi) is 7.59. The van der Waals surface area contributed by atoms with Gasteiger partial charge in [0.05, 0.1) is 61.3 Å². The van der Waals surface area contributed by atoms with E-state index in [9.17, 15) is 10.5 Å². The molecule has 3 heterocycles. The summed E-state index contributed by atoms with van der Waals surface area (Å²) in [6.07, 6.45) is 0. The Hall–Kier alpha value is -8.64. The molecule has 5 heteroatoms. The molecule has 0 fully saturated rings. The molecule has 0 aliphatic rings. The van der Waals surface area contributed by atoms with Crippen molar-refractivity contribution >= 4 is 65.4 Å². The Morgan fingerprint density at radius 1 is 0.262 bits per heavy atom. The molecule has 5 nitrogen and oxygen atoms in total. The summed E-state index contributed by atoms with van der Waals surface area (Å²) in [6.45, 7) is 0. The number of benzene rings is 9. The molecule has 9 aromatic carbocycles. The maximum absolute atomic E-state index is 11.3. The van der Waals surface area contributed by atoms with Gasteiger partial charge in [0, 0.05) is 32.3 Å². The van der Waals surface area contributed by atoms with Gasteiger partial charge < -0.3 is 13.7 Å². The van der Waals surface area contributed by atoms with Gasteiger partial charge in [-0.25, -0.2) is 0 Å². The minimum Gasteiger partial charge on any atom is -0.306 e. The minimum atomic E-state index is 0.402. The van der Waals surface area contributed by atoms with E-state index in [0.29, 0.717) is 22.5 Å². The topological polar surface area (TPSA) is 62.4 Å². The van der Waals surface area contributed by atoms with Gasteiger partial charge in [-0.05, 0) is 76.9 Å². The van der Waals surface area contributed by atoms with Crippen LogP contribution in [0.15, 0.2) is 200 Å². The van der Waals surface area contributed by atoms with E-state index in [1.54, 1.807) is 6.07 Å². The molecule has 0 bridgehead atoms. The zero-order chi connectivity index (χ0) is 40.6. The molecule has 282 valence electrons. The van der Waals surface area contributed by atoms with Crippen LogP contribution in [0, 0.1) is 22.7 Å². The summed E-state index contributed by atoms with van der Waals surface area (Å²) in [5.74, 6) is 0. The number of fused-ring (bicyclic) bond motifs is 9. The second-order valence-corrected chi connectivity index (χ2v) is 15.5. The first-order valence-electron chi connectivity index (χ1n) is 20.4. The normalized spacial score (nSPS) is 11.6. The van der Waals surface area contributed by atoms with Crippen LogP contribution >= 0.6 is 0 Å². The van der Waals surface area contributed by atoms with Crippen molar-refractivity contribution in [2.75, 3.05) is 0 Å². The third kappa shape index (κ3) is 5.05. The predicted octanol–water partition coefficient (Wildman–Crippen LogP) is 14.1. The molecule has 0 saturated carbocycles. The fourth-order valence-corrected chi connectivity index (χ4v) is 9.69. The summed E-state index contributed by atoms with van der Waals surface area (Å²) in [6, 6.07) is 74.8.